The average Bonchev–Trinajstić information content (AvgIpc) is 2.42. The van der Waals surface area contributed by atoms with Crippen molar-refractivity contribution < 1.29 is 37.3 Å². The minimum atomic E-state index is -4.89. The maximum Gasteiger partial charge on any atom is 0.420 e. The van der Waals surface area contributed by atoms with Crippen LogP contribution in [-0.4, -0.2) is 34.8 Å². The van der Waals surface area contributed by atoms with Crippen LogP contribution in [0.1, 0.15) is 26.3 Å². The van der Waals surface area contributed by atoms with Crippen LogP contribution in [0.2, 0.25) is 5.02 Å². The molecule has 0 amide bonds. The summed E-state index contributed by atoms with van der Waals surface area (Å²) in [5.41, 5.74) is 5.36. The van der Waals surface area contributed by atoms with E-state index in [1.807, 2.05) is 0 Å². The van der Waals surface area contributed by atoms with Crippen molar-refractivity contribution in [1.29, 1.82) is 0 Å². The largest absolute Gasteiger partial charge is 0.488 e. The highest BCUT2D eigenvalue weighted by atomic mass is 35.5. The molecule has 0 bridgehead atoms. The number of alkyl halides is 3. The lowest BCUT2D eigenvalue weighted by molar-refractivity contribution is -0.170. The Morgan fingerprint density at radius 1 is 1.23 bits per heavy atom. The van der Waals surface area contributed by atoms with Crippen LogP contribution in [-0.2, 0) is 20.5 Å². The third-order valence-electron chi connectivity index (χ3n) is 2.98. The number of hydrogen-bond donors (Lipinski definition) is 3. The zero-order valence-corrected chi connectivity index (χ0v) is 14.9. The molecule has 7 nitrogen and oxygen atoms in total. The monoisotopic (exact) mass is 398 g/mol. The Balaban J connectivity index is 3.23. The van der Waals surface area contributed by atoms with Crippen molar-refractivity contribution in [3.63, 3.8) is 0 Å². The highest BCUT2D eigenvalue weighted by Crippen LogP contribution is 2.41. The number of benzene rings is 1. The molecule has 0 spiro atoms. The van der Waals surface area contributed by atoms with E-state index in [4.69, 9.17) is 32.5 Å². The summed E-state index contributed by atoms with van der Waals surface area (Å²) in [5, 5.41) is 8.94. The van der Waals surface area contributed by atoms with Gasteiger partial charge in [0.1, 0.15) is 17.8 Å². The molecule has 0 aromatic heterocycles. The number of halogens is 4. The van der Waals surface area contributed by atoms with Crippen molar-refractivity contribution >= 4 is 29.2 Å². The summed E-state index contributed by atoms with van der Waals surface area (Å²) in [6.07, 6.45) is -4.89. The number of carbonyl (C=O) groups is 2. The topological polar surface area (TPSA) is 125 Å². The predicted molar refractivity (Wildman–Crippen MR) is 86.8 cm³/mol. The third-order valence-corrected chi connectivity index (χ3v) is 3.19. The fraction of sp³-hybridized carbons (Fsp3) is 0.467. The molecule has 0 heterocycles. The molecule has 0 aliphatic carbocycles. The molecule has 5 N–H and O–H groups in total. The van der Waals surface area contributed by atoms with Crippen LogP contribution in [0.15, 0.2) is 12.1 Å². The average molecular weight is 399 g/mol. The molecule has 26 heavy (non-hydrogen) atoms. The number of aliphatic carboxylic acids is 1. The summed E-state index contributed by atoms with van der Waals surface area (Å²) < 4.78 is 49.2. The second kappa shape index (κ2) is 7.20. The first-order valence-corrected chi connectivity index (χ1v) is 7.50. The van der Waals surface area contributed by atoms with E-state index in [0.29, 0.717) is 6.07 Å². The van der Waals surface area contributed by atoms with E-state index in [1.54, 1.807) is 0 Å². The fourth-order valence-corrected chi connectivity index (χ4v) is 1.98. The quantitative estimate of drug-likeness (QED) is 0.395. The molecule has 1 rings (SSSR count). The van der Waals surface area contributed by atoms with Crippen LogP contribution >= 0.6 is 11.6 Å². The number of carboxylic acids is 1. The van der Waals surface area contributed by atoms with Gasteiger partial charge in [-0.2, -0.15) is 13.2 Å². The van der Waals surface area contributed by atoms with Gasteiger partial charge in [-0.25, -0.2) is 9.59 Å². The van der Waals surface area contributed by atoms with Crippen molar-refractivity contribution in [2.45, 2.75) is 38.1 Å². The van der Waals surface area contributed by atoms with Gasteiger partial charge in [-0.15, -0.1) is 0 Å². The number of ether oxygens (including phenoxy) is 2. The molecule has 0 fully saturated rings. The van der Waals surface area contributed by atoms with Gasteiger partial charge in [0.15, 0.2) is 5.75 Å². The number of carboxylic acid groups (broad SMARTS) is 1. The fourth-order valence-electron chi connectivity index (χ4n) is 1.75. The molecule has 0 saturated heterocycles. The summed E-state index contributed by atoms with van der Waals surface area (Å²) in [5.74, 6) is -4.10. The van der Waals surface area contributed by atoms with Gasteiger partial charge in [0.25, 0.3) is 0 Å². The van der Waals surface area contributed by atoms with E-state index < -0.39 is 52.9 Å². The van der Waals surface area contributed by atoms with Crippen molar-refractivity contribution in [1.82, 2.24) is 0 Å². The van der Waals surface area contributed by atoms with Crippen LogP contribution in [0.4, 0.5) is 18.9 Å². The minimum absolute atomic E-state index is 0.299. The summed E-state index contributed by atoms with van der Waals surface area (Å²) in [6.45, 7) is 3.25. The van der Waals surface area contributed by atoms with Crippen LogP contribution in [0.5, 0.6) is 5.75 Å². The number of nitrogen functional groups attached to an aromatic ring is 1. The van der Waals surface area contributed by atoms with Crippen molar-refractivity contribution in [2.24, 2.45) is 5.73 Å². The molecule has 11 heteroatoms. The Morgan fingerprint density at radius 2 is 1.77 bits per heavy atom. The highest BCUT2D eigenvalue weighted by Gasteiger charge is 2.47. The van der Waals surface area contributed by atoms with E-state index in [1.165, 1.54) is 20.8 Å². The first-order chi connectivity index (χ1) is 11.6. The molecule has 0 radical (unpaired) electrons. The Hall–Kier alpha value is -2.20. The van der Waals surface area contributed by atoms with Gasteiger partial charge in [-0.3, -0.25) is 0 Å². The lowest BCUT2D eigenvalue weighted by Crippen LogP contribution is -2.61. The van der Waals surface area contributed by atoms with Gasteiger partial charge in [0.05, 0.1) is 5.69 Å². The normalized spacial score (nSPS) is 14.5. The SMILES string of the molecule is CC(C)(C)OC(=O)[C@](N)(COc1c(N)cc(Cl)cc1C(F)(F)F)C(=O)O. The van der Waals surface area contributed by atoms with Crippen molar-refractivity contribution in [3.05, 3.63) is 22.7 Å². The molecular formula is C15H18ClF3N2O5. The molecule has 1 aromatic carbocycles. The number of rotatable bonds is 5. The van der Waals surface area contributed by atoms with E-state index >= 15 is 0 Å². The highest BCUT2D eigenvalue weighted by molar-refractivity contribution is 6.31. The summed E-state index contributed by atoms with van der Waals surface area (Å²) in [4.78, 5) is 23.5. The van der Waals surface area contributed by atoms with Gasteiger partial charge in [0.2, 0.25) is 5.54 Å². The van der Waals surface area contributed by atoms with E-state index in [-0.39, 0.29) is 5.02 Å². The smallest absolute Gasteiger partial charge is 0.420 e. The van der Waals surface area contributed by atoms with Crippen LogP contribution in [0.25, 0.3) is 0 Å². The minimum Gasteiger partial charge on any atom is -0.488 e. The Bertz CT molecular complexity index is 718. The second-order valence-corrected chi connectivity index (χ2v) is 6.87. The van der Waals surface area contributed by atoms with Gasteiger partial charge in [-0.1, -0.05) is 11.6 Å². The van der Waals surface area contributed by atoms with Crippen molar-refractivity contribution in [2.75, 3.05) is 12.3 Å². The number of anilines is 1. The van der Waals surface area contributed by atoms with E-state index in [2.05, 4.69) is 0 Å². The van der Waals surface area contributed by atoms with Gasteiger partial charge >= 0.3 is 18.1 Å². The first kappa shape index (κ1) is 21.8. The second-order valence-electron chi connectivity index (χ2n) is 6.44. The van der Waals surface area contributed by atoms with Crippen molar-refractivity contribution in [3.8, 4) is 5.75 Å². The standard InChI is InChI=1S/C15H18ClF3N2O5/c1-13(2,3)26-12(24)14(21,11(22)23)6-25-10-8(15(17,18)19)4-7(16)5-9(10)20/h4-5H,6,20-21H2,1-3H3,(H,22,23)/t14-/m0/s1. The molecule has 146 valence electrons. The van der Waals surface area contributed by atoms with Crippen LogP contribution in [0, 0.1) is 0 Å². The van der Waals surface area contributed by atoms with E-state index in [9.17, 15) is 27.9 Å². The maximum atomic E-state index is 13.1. The lowest BCUT2D eigenvalue weighted by Gasteiger charge is -2.28. The summed E-state index contributed by atoms with van der Waals surface area (Å²) in [7, 11) is 0. The number of carbonyl (C=O) groups excluding carboxylic acids is 1. The van der Waals surface area contributed by atoms with Gasteiger partial charge in [-0.05, 0) is 32.9 Å². The van der Waals surface area contributed by atoms with Crippen LogP contribution in [0.3, 0.4) is 0 Å². The molecule has 0 saturated carbocycles. The van der Waals surface area contributed by atoms with Gasteiger partial charge in [0, 0.05) is 5.02 Å². The summed E-state index contributed by atoms with van der Waals surface area (Å²) >= 11 is 5.56. The molecular weight excluding hydrogens is 381 g/mol. The zero-order valence-electron chi connectivity index (χ0n) is 14.1. The third kappa shape index (κ3) is 5.15. The zero-order chi connectivity index (χ0) is 20.5. The van der Waals surface area contributed by atoms with Gasteiger partial charge < -0.3 is 26.0 Å². The number of esters is 1. The molecule has 1 aromatic rings. The first-order valence-electron chi connectivity index (χ1n) is 7.12. The lowest BCUT2D eigenvalue weighted by atomic mass is 10.0. The number of nitrogens with two attached hydrogens (primary N) is 2. The molecule has 1 atom stereocenters. The van der Waals surface area contributed by atoms with E-state index in [0.717, 1.165) is 6.07 Å². The van der Waals surface area contributed by atoms with Crippen LogP contribution < -0.4 is 16.2 Å². The Morgan fingerprint density at radius 3 is 2.19 bits per heavy atom. The molecule has 0 aliphatic heterocycles. The summed E-state index contributed by atoms with van der Waals surface area (Å²) in [6, 6.07) is 1.54. The Kier molecular flexibility index (Phi) is 6.05. The predicted octanol–water partition coefficient (Wildman–Crippen LogP) is 2.44. The Labute approximate surface area is 152 Å². The number of hydrogen-bond acceptors (Lipinski definition) is 6. The molecule has 0 unspecified atom stereocenters. The molecule has 0 aliphatic rings. The maximum absolute atomic E-state index is 13.1.